The second kappa shape index (κ2) is 7.93. The van der Waals surface area contributed by atoms with Crippen molar-refractivity contribution in [2.45, 2.75) is 27.2 Å². The van der Waals surface area contributed by atoms with Crippen molar-refractivity contribution in [1.82, 2.24) is 5.32 Å². The predicted octanol–water partition coefficient (Wildman–Crippen LogP) is 3.65. The lowest BCUT2D eigenvalue weighted by molar-refractivity contribution is 0.413. The number of nitrogens with one attached hydrogen (secondary N) is 1. The second-order valence-electron chi connectivity index (χ2n) is 5.03. The summed E-state index contributed by atoms with van der Waals surface area (Å²) in [6.07, 6.45) is 5.39. The maximum absolute atomic E-state index is 5.34. The van der Waals surface area contributed by atoms with Gasteiger partial charge in [-0.25, -0.2) is 0 Å². The minimum absolute atomic E-state index is 0.714. The van der Waals surface area contributed by atoms with Gasteiger partial charge in [-0.1, -0.05) is 37.6 Å². The van der Waals surface area contributed by atoms with Gasteiger partial charge in [0.2, 0.25) is 0 Å². The SMILES string of the molecule is COc1ccc(C)cc1C=CCCNCC(C)C. The first-order valence-electron chi connectivity index (χ1n) is 6.65. The van der Waals surface area contributed by atoms with Crippen LogP contribution in [0.15, 0.2) is 24.3 Å². The Labute approximate surface area is 111 Å². The molecule has 0 fully saturated rings. The average Bonchev–Trinajstić information content (AvgIpc) is 2.33. The first-order valence-corrected chi connectivity index (χ1v) is 6.65. The van der Waals surface area contributed by atoms with Crippen molar-refractivity contribution in [3.8, 4) is 5.75 Å². The van der Waals surface area contributed by atoms with Gasteiger partial charge >= 0.3 is 0 Å². The van der Waals surface area contributed by atoms with Gasteiger partial charge in [0.05, 0.1) is 7.11 Å². The van der Waals surface area contributed by atoms with Crippen LogP contribution >= 0.6 is 0 Å². The summed E-state index contributed by atoms with van der Waals surface area (Å²) in [5.41, 5.74) is 2.41. The van der Waals surface area contributed by atoms with Crippen LogP contribution in [0.2, 0.25) is 0 Å². The van der Waals surface area contributed by atoms with Crippen LogP contribution in [0.1, 0.15) is 31.4 Å². The molecule has 0 aromatic heterocycles. The fraction of sp³-hybridized carbons (Fsp3) is 0.500. The molecular formula is C16H25NO. The van der Waals surface area contributed by atoms with Crippen LogP contribution in [0.4, 0.5) is 0 Å². The van der Waals surface area contributed by atoms with E-state index < -0.39 is 0 Å². The van der Waals surface area contributed by atoms with E-state index in [-0.39, 0.29) is 0 Å². The molecule has 2 heteroatoms. The number of aryl methyl sites for hydroxylation is 1. The van der Waals surface area contributed by atoms with E-state index in [1.807, 2.05) is 6.07 Å². The molecule has 0 saturated heterocycles. The van der Waals surface area contributed by atoms with E-state index in [0.717, 1.165) is 30.8 Å². The maximum Gasteiger partial charge on any atom is 0.126 e. The Balaban J connectivity index is 2.43. The van der Waals surface area contributed by atoms with E-state index in [2.05, 4.69) is 50.4 Å². The predicted molar refractivity (Wildman–Crippen MR) is 79.1 cm³/mol. The molecule has 0 heterocycles. The third-order valence-electron chi connectivity index (χ3n) is 2.72. The normalized spacial score (nSPS) is 11.4. The maximum atomic E-state index is 5.34. The largest absolute Gasteiger partial charge is 0.496 e. The Morgan fingerprint density at radius 1 is 1.33 bits per heavy atom. The van der Waals surface area contributed by atoms with E-state index in [0.29, 0.717) is 5.92 Å². The summed E-state index contributed by atoms with van der Waals surface area (Å²) >= 11 is 0. The molecule has 0 atom stereocenters. The van der Waals surface area contributed by atoms with Gasteiger partial charge < -0.3 is 10.1 Å². The Morgan fingerprint density at radius 3 is 2.78 bits per heavy atom. The van der Waals surface area contributed by atoms with Gasteiger partial charge in [0.25, 0.3) is 0 Å². The van der Waals surface area contributed by atoms with Crippen molar-refractivity contribution >= 4 is 6.08 Å². The summed E-state index contributed by atoms with van der Waals surface area (Å²) < 4.78 is 5.34. The van der Waals surface area contributed by atoms with Crippen LogP contribution < -0.4 is 10.1 Å². The van der Waals surface area contributed by atoms with Crippen molar-refractivity contribution in [2.75, 3.05) is 20.2 Å². The minimum atomic E-state index is 0.714. The molecular weight excluding hydrogens is 222 g/mol. The van der Waals surface area contributed by atoms with Crippen molar-refractivity contribution in [3.05, 3.63) is 35.4 Å². The fourth-order valence-electron chi connectivity index (χ4n) is 1.77. The van der Waals surface area contributed by atoms with Crippen LogP contribution in [0.3, 0.4) is 0 Å². The first-order chi connectivity index (χ1) is 8.63. The third kappa shape index (κ3) is 5.37. The van der Waals surface area contributed by atoms with Gasteiger partial charge in [-0.2, -0.15) is 0 Å². The molecule has 100 valence electrons. The van der Waals surface area contributed by atoms with Gasteiger partial charge in [0.15, 0.2) is 0 Å². The van der Waals surface area contributed by atoms with Crippen molar-refractivity contribution in [1.29, 1.82) is 0 Å². The second-order valence-corrected chi connectivity index (χ2v) is 5.03. The summed E-state index contributed by atoms with van der Waals surface area (Å²) in [6, 6.07) is 6.24. The fourth-order valence-corrected chi connectivity index (χ4v) is 1.77. The molecule has 0 radical (unpaired) electrons. The smallest absolute Gasteiger partial charge is 0.126 e. The Kier molecular flexibility index (Phi) is 6.51. The standard InChI is InChI=1S/C16H25NO/c1-13(2)12-17-10-6-5-7-15-11-14(3)8-9-16(15)18-4/h5,7-9,11,13,17H,6,10,12H2,1-4H3. The first kappa shape index (κ1) is 14.8. The lowest BCUT2D eigenvalue weighted by atomic mass is 10.1. The van der Waals surface area contributed by atoms with E-state index in [9.17, 15) is 0 Å². The summed E-state index contributed by atoms with van der Waals surface area (Å²) in [5, 5.41) is 3.43. The van der Waals surface area contributed by atoms with Crippen LogP contribution in [0, 0.1) is 12.8 Å². The number of methoxy groups -OCH3 is 1. The Bertz CT molecular complexity index is 383. The molecule has 0 aliphatic heterocycles. The Morgan fingerprint density at radius 2 is 2.11 bits per heavy atom. The van der Waals surface area contributed by atoms with Gasteiger partial charge in [-0.15, -0.1) is 0 Å². The minimum Gasteiger partial charge on any atom is -0.496 e. The highest BCUT2D eigenvalue weighted by atomic mass is 16.5. The molecule has 18 heavy (non-hydrogen) atoms. The van der Waals surface area contributed by atoms with Crippen LogP contribution in [-0.2, 0) is 0 Å². The van der Waals surface area contributed by atoms with E-state index in [1.165, 1.54) is 5.56 Å². The number of ether oxygens (including phenoxy) is 1. The van der Waals surface area contributed by atoms with Crippen molar-refractivity contribution in [2.24, 2.45) is 5.92 Å². The molecule has 0 aliphatic rings. The molecule has 1 aromatic rings. The van der Waals surface area contributed by atoms with E-state index >= 15 is 0 Å². The molecule has 0 aliphatic carbocycles. The van der Waals surface area contributed by atoms with Gasteiger partial charge in [0, 0.05) is 5.56 Å². The zero-order chi connectivity index (χ0) is 13.4. The highest BCUT2D eigenvalue weighted by molar-refractivity contribution is 5.58. The molecule has 1 rings (SSSR count). The third-order valence-corrected chi connectivity index (χ3v) is 2.72. The Hall–Kier alpha value is -1.28. The number of hydrogen-bond donors (Lipinski definition) is 1. The van der Waals surface area contributed by atoms with Crippen LogP contribution in [-0.4, -0.2) is 20.2 Å². The van der Waals surface area contributed by atoms with Crippen molar-refractivity contribution < 1.29 is 4.74 Å². The van der Waals surface area contributed by atoms with E-state index in [1.54, 1.807) is 7.11 Å². The molecule has 0 amide bonds. The summed E-state index contributed by atoms with van der Waals surface area (Å²) in [6.45, 7) is 8.66. The summed E-state index contributed by atoms with van der Waals surface area (Å²) in [4.78, 5) is 0. The molecule has 0 spiro atoms. The zero-order valence-corrected chi connectivity index (χ0v) is 12.0. The summed E-state index contributed by atoms with van der Waals surface area (Å²) in [7, 11) is 1.71. The summed E-state index contributed by atoms with van der Waals surface area (Å²) in [5.74, 6) is 1.65. The average molecular weight is 247 g/mol. The topological polar surface area (TPSA) is 21.3 Å². The zero-order valence-electron chi connectivity index (χ0n) is 12.0. The number of rotatable bonds is 7. The molecule has 0 bridgehead atoms. The molecule has 0 saturated carbocycles. The van der Waals surface area contributed by atoms with Crippen molar-refractivity contribution in [3.63, 3.8) is 0 Å². The molecule has 1 aromatic carbocycles. The van der Waals surface area contributed by atoms with Crippen LogP contribution in [0.5, 0.6) is 5.75 Å². The van der Waals surface area contributed by atoms with Gasteiger partial charge in [0.1, 0.15) is 5.75 Å². The lowest BCUT2D eigenvalue weighted by Gasteiger charge is -2.06. The monoisotopic (exact) mass is 247 g/mol. The highest BCUT2D eigenvalue weighted by Crippen LogP contribution is 2.20. The lowest BCUT2D eigenvalue weighted by Crippen LogP contribution is -2.20. The number of hydrogen-bond acceptors (Lipinski definition) is 2. The van der Waals surface area contributed by atoms with E-state index in [4.69, 9.17) is 4.74 Å². The highest BCUT2D eigenvalue weighted by Gasteiger charge is 1.98. The quantitative estimate of drug-likeness (QED) is 0.743. The molecule has 1 N–H and O–H groups in total. The molecule has 0 unspecified atom stereocenters. The van der Waals surface area contributed by atoms with Crippen LogP contribution in [0.25, 0.3) is 6.08 Å². The molecule has 2 nitrogen and oxygen atoms in total. The van der Waals surface area contributed by atoms with Gasteiger partial charge in [-0.05, 0) is 44.5 Å². The number of benzene rings is 1. The van der Waals surface area contributed by atoms with Gasteiger partial charge in [-0.3, -0.25) is 0 Å².